The highest BCUT2D eigenvalue weighted by molar-refractivity contribution is 9.10. The van der Waals surface area contributed by atoms with Crippen LogP contribution in [0.2, 0.25) is 0 Å². The zero-order valence-corrected chi connectivity index (χ0v) is 11.9. The molecule has 2 nitrogen and oxygen atoms in total. The van der Waals surface area contributed by atoms with Gasteiger partial charge in [-0.05, 0) is 46.1 Å². The zero-order chi connectivity index (χ0) is 14.7. The Kier molecular flexibility index (Phi) is 4.80. The molecule has 0 saturated carbocycles. The summed E-state index contributed by atoms with van der Waals surface area (Å²) >= 11 is 3.11. The molecule has 1 unspecified atom stereocenters. The van der Waals surface area contributed by atoms with Gasteiger partial charge >= 0.3 is 0 Å². The quantitative estimate of drug-likeness (QED) is 0.656. The lowest BCUT2D eigenvalue weighted by molar-refractivity contribution is 0.496. The molecule has 6 heteroatoms. The average molecular weight is 345 g/mol. The smallest absolute Gasteiger partial charge is 0.137 e. The maximum atomic E-state index is 13.6. The summed E-state index contributed by atoms with van der Waals surface area (Å²) in [5.41, 5.74) is 2.86. The highest BCUT2D eigenvalue weighted by Gasteiger charge is 2.19. The fourth-order valence-electron chi connectivity index (χ4n) is 1.98. The lowest BCUT2D eigenvalue weighted by Crippen LogP contribution is -2.30. The lowest BCUT2D eigenvalue weighted by atomic mass is 9.98. The Hall–Kier alpha value is -1.37. The summed E-state index contributed by atoms with van der Waals surface area (Å²) in [6, 6.07) is 7.45. The Balaban J connectivity index is 2.37. The molecule has 0 radical (unpaired) electrons. The highest BCUT2D eigenvalue weighted by Crippen LogP contribution is 2.29. The molecule has 0 aliphatic heterocycles. The minimum Gasteiger partial charge on any atom is -0.271 e. The van der Waals surface area contributed by atoms with Crippen LogP contribution in [-0.2, 0) is 6.42 Å². The van der Waals surface area contributed by atoms with Gasteiger partial charge in [0.15, 0.2) is 0 Å². The number of halogens is 4. The first-order valence-electron chi connectivity index (χ1n) is 5.87. The second-order valence-electron chi connectivity index (χ2n) is 4.27. The van der Waals surface area contributed by atoms with Crippen LogP contribution in [0.15, 0.2) is 40.9 Å². The van der Waals surface area contributed by atoms with Crippen molar-refractivity contribution in [1.82, 2.24) is 5.43 Å². The second-order valence-corrected chi connectivity index (χ2v) is 5.06. The molecule has 2 aromatic rings. The van der Waals surface area contributed by atoms with Crippen LogP contribution in [0, 0.1) is 17.5 Å². The standard InChI is InChI=1S/C14H12BrF3N2/c15-14-8(3-1-6-12(14)18)13(20-19)7-9-10(16)4-2-5-11(9)17/h1-6,13,20H,7,19H2. The van der Waals surface area contributed by atoms with E-state index in [2.05, 4.69) is 21.4 Å². The summed E-state index contributed by atoms with van der Waals surface area (Å²) in [7, 11) is 0. The molecule has 0 saturated heterocycles. The molecular formula is C14H12BrF3N2. The third-order valence-electron chi connectivity index (χ3n) is 3.03. The van der Waals surface area contributed by atoms with Gasteiger partial charge in [-0.15, -0.1) is 0 Å². The van der Waals surface area contributed by atoms with E-state index in [0.29, 0.717) is 5.56 Å². The van der Waals surface area contributed by atoms with Crippen molar-refractivity contribution in [2.75, 3.05) is 0 Å². The maximum Gasteiger partial charge on any atom is 0.137 e. The Morgan fingerprint density at radius 2 is 1.55 bits per heavy atom. The molecular weight excluding hydrogens is 333 g/mol. The first-order chi connectivity index (χ1) is 9.54. The Morgan fingerprint density at radius 1 is 1.00 bits per heavy atom. The summed E-state index contributed by atoms with van der Waals surface area (Å²) in [6.07, 6.45) is -0.0307. The van der Waals surface area contributed by atoms with E-state index < -0.39 is 23.5 Å². The van der Waals surface area contributed by atoms with Crippen LogP contribution >= 0.6 is 15.9 Å². The SMILES string of the molecule is NNC(Cc1c(F)cccc1F)c1cccc(F)c1Br. The van der Waals surface area contributed by atoms with Gasteiger partial charge in [-0.1, -0.05) is 18.2 Å². The molecule has 20 heavy (non-hydrogen) atoms. The molecule has 1 atom stereocenters. The van der Waals surface area contributed by atoms with Gasteiger partial charge in [-0.25, -0.2) is 13.2 Å². The number of hydrogen-bond acceptors (Lipinski definition) is 2. The molecule has 0 aromatic heterocycles. The van der Waals surface area contributed by atoms with Crippen molar-refractivity contribution >= 4 is 15.9 Å². The molecule has 106 valence electrons. The van der Waals surface area contributed by atoms with Crippen molar-refractivity contribution in [2.45, 2.75) is 12.5 Å². The number of benzene rings is 2. The largest absolute Gasteiger partial charge is 0.271 e. The molecule has 0 heterocycles. The highest BCUT2D eigenvalue weighted by atomic mass is 79.9. The first-order valence-corrected chi connectivity index (χ1v) is 6.66. The minimum absolute atomic E-state index is 0.0307. The number of nitrogens with one attached hydrogen (secondary N) is 1. The van der Waals surface area contributed by atoms with Crippen LogP contribution in [-0.4, -0.2) is 0 Å². The molecule has 0 aliphatic carbocycles. The normalized spacial score (nSPS) is 12.4. The summed E-state index contributed by atoms with van der Waals surface area (Å²) < 4.78 is 41.0. The topological polar surface area (TPSA) is 38.0 Å². The Labute approximate surface area is 122 Å². The van der Waals surface area contributed by atoms with E-state index in [1.165, 1.54) is 30.3 Å². The van der Waals surface area contributed by atoms with Gasteiger partial charge in [-0.3, -0.25) is 11.3 Å². The molecule has 0 fully saturated rings. The van der Waals surface area contributed by atoms with Crippen molar-refractivity contribution in [3.05, 3.63) is 69.4 Å². The fourth-order valence-corrected chi connectivity index (χ4v) is 2.52. The van der Waals surface area contributed by atoms with Gasteiger partial charge in [0.05, 0.1) is 10.5 Å². The predicted octanol–water partition coefficient (Wildman–Crippen LogP) is 3.61. The fraction of sp³-hybridized carbons (Fsp3) is 0.143. The molecule has 0 aliphatic rings. The molecule has 2 aromatic carbocycles. The van der Waals surface area contributed by atoms with Crippen LogP contribution < -0.4 is 11.3 Å². The molecule has 0 bridgehead atoms. The van der Waals surface area contributed by atoms with E-state index in [0.717, 1.165) is 0 Å². The molecule has 0 amide bonds. The van der Waals surface area contributed by atoms with Crippen molar-refractivity contribution in [1.29, 1.82) is 0 Å². The Morgan fingerprint density at radius 3 is 2.15 bits per heavy atom. The van der Waals surface area contributed by atoms with Crippen molar-refractivity contribution in [3.8, 4) is 0 Å². The molecule has 0 spiro atoms. The van der Waals surface area contributed by atoms with Gasteiger partial charge < -0.3 is 0 Å². The van der Waals surface area contributed by atoms with E-state index in [4.69, 9.17) is 5.84 Å². The van der Waals surface area contributed by atoms with Gasteiger partial charge in [-0.2, -0.15) is 0 Å². The van der Waals surface area contributed by atoms with Crippen molar-refractivity contribution in [2.24, 2.45) is 5.84 Å². The summed E-state index contributed by atoms with van der Waals surface area (Å²) in [4.78, 5) is 0. The number of nitrogens with two attached hydrogens (primary N) is 1. The third kappa shape index (κ3) is 3.03. The summed E-state index contributed by atoms with van der Waals surface area (Å²) in [5.74, 6) is 3.66. The lowest BCUT2D eigenvalue weighted by Gasteiger charge is -2.19. The summed E-state index contributed by atoms with van der Waals surface area (Å²) in [5, 5.41) is 0. The first kappa shape index (κ1) is 15.0. The van der Waals surface area contributed by atoms with Crippen LogP contribution in [0.4, 0.5) is 13.2 Å². The number of hydrazine groups is 1. The van der Waals surface area contributed by atoms with E-state index in [1.807, 2.05) is 0 Å². The average Bonchev–Trinajstić information content (AvgIpc) is 2.42. The molecule has 3 N–H and O–H groups in total. The minimum atomic E-state index is -0.655. The predicted molar refractivity (Wildman–Crippen MR) is 74.2 cm³/mol. The van der Waals surface area contributed by atoms with Gasteiger partial charge in [0.25, 0.3) is 0 Å². The van der Waals surface area contributed by atoms with E-state index in [9.17, 15) is 13.2 Å². The number of hydrogen-bond donors (Lipinski definition) is 2. The van der Waals surface area contributed by atoms with Crippen molar-refractivity contribution in [3.63, 3.8) is 0 Å². The zero-order valence-electron chi connectivity index (χ0n) is 10.3. The Bertz CT molecular complexity index is 599. The maximum absolute atomic E-state index is 13.6. The summed E-state index contributed by atoms with van der Waals surface area (Å²) in [6.45, 7) is 0. The van der Waals surface area contributed by atoms with Crippen LogP contribution in [0.1, 0.15) is 17.2 Å². The van der Waals surface area contributed by atoms with Crippen LogP contribution in [0.25, 0.3) is 0 Å². The van der Waals surface area contributed by atoms with Crippen molar-refractivity contribution < 1.29 is 13.2 Å². The van der Waals surface area contributed by atoms with Crippen LogP contribution in [0.3, 0.4) is 0 Å². The van der Waals surface area contributed by atoms with E-state index >= 15 is 0 Å². The third-order valence-corrected chi connectivity index (χ3v) is 3.86. The van der Waals surface area contributed by atoms with E-state index in [-0.39, 0.29) is 16.5 Å². The second kappa shape index (κ2) is 6.39. The van der Waals surface area contributed by atoms with Gasteiger partial charge in [0.2, 0.25) is 0 Å². The van der Waals surface area contributed by atoms with E-state index in [1.54, 1.807) is 6.07 Å². The monoisotopic (exact) mass is 344 g/mol. The van der Waals surface area contributed by atoms with Gasteiger partial charge in [0, 0.05) is 5.56 Å². The molecule has 2 rings (SSSR count). The van der Waals surface area contributed by atoms with Crippen LogP contribution in [0.5, 0.6) is 0 Å². The number of rotatable bonds is 4. The van der Waals surface area contributed by atoms with Gasteiger partial charge in [0.1, 0.15) is 17.5 Å².